The molecule has 0 amide bonds. The van der Waals surface area contributed by atoms with Gasteiger partial charge in [-0.2, -0.15) is 0 Å². The molecule has 7 nitrogen and oxygen atoms in total. The fraction of sp³-hybridized carbons (Fsp3) is 0.737. The summed E-state index contributed by atoms with van der Waals surface area (Å²) >= 11 is 1.78. The first-order valence-electron chi connectivity index (χ1n) is 10.4. The monoisotopic (exact) mass is 555 g/mol. The van der Waals surface area contributed by atoms with Crippen LogP contribution in [0.2, 0.25) is 0 Å². The topological polar surface area (TPSA) is 85.8 Å². The molecule has 3 N–H and O–H groups in total. The van der Waals surface area contributed by atoms with E-state index in [1.165, 1.54) is 11.4 Å². The zero-order valence-electron chi connectivity index (χ0n) is 17.1. The van der Waals surface area contributed by atoms with Crippen molar-refractivity contribution in [1.82, 2.24) is 15.4 Å². The van der Waals surface area contributed by atoms with Gasteiger partial charge in [0.1, 0.15) is 0 Å². The van der Waals surface area contributed by atoms with E-state index >= 15 is 0 Å². The molecule has 1 aliphatic carbocycles. The summed E-state index contributed by atoms with van der Waals surface area (Å²) in [6, 6.07) is 4.63. The molecule has 2 heterocycles. The van der Waals surface area contributed by atoms with Gasteiger partial charge in [0.05, 0.1) is 17.3 Å². The number of nitrogens with one attached hydrogen (secondary N) is 3. The third-order valence-electron chi connectivity index (χ3n) is 5.44. The van der Waals surface area contributed by atoms with Gasteiger partial charge in [0, 0.05) is 32.2 Å². The lowest BCUT2D eigenvalue weighted by Crippen LogP contribution is -2.48. The second-order valence-electron chi connectivity index (χ2n) is 7.58. The summed E-state index contributed by atoms with van der Waals surface area (Å²) in [4.78, 5) is 6.91. The summed E-state index contributed by atoms with van der Waals surface area (Å²) in [6.07, 6.45) is 5.59. The van der Waals surface area contributed by atoms with Crippen LogP contribution in [0.5, 0.6) is 0 Å². The van der Waals surface area contributed by atoms with E-state index in [2.05, 4.69) is 42.8 Å². The van der Waals surface area contributed by atoms with E-state index in [1.807, 2.05) is 6.92 Å². The number of aliphatic imine (C=N–C) groups is 1. The Kier molecular flexibility index (Phi) is 10.5. The number of thiophene rings is 1. The molecule has 1 aromatic rings. The van der Waals surface area contributed by atoms with Crippen LogP contribution < -0.4 is 20.3 Å². The minimum atomic E-state index is -3.25. The first-order valence-corrected chi connectivity index (χ1v) is 12.9. The average molecular weight is 556 g/mol. The molecule has 1 aromatic heterocycles. The van der Waals surface area contributed by atoms with E-state index in [4.69, 9.17) is 0 Å². The summed E-state index contributed by atoms with van der Waals surface area (Å²) in [7, 11) is -3.25. The molecule has 1 saturated carbocycles. The maximum Gasteiger partial charge on any atom is 0.213 e. The quantitative estimate of drug-likeness (QED) is 0.248. The van der Waals surface area contributed by atoms with Crippen LogP contribution in [0.4, 0.5) is 5.00 Å². The van der Waals surface area contributed by atoms with E-state index in [9.17, 15) is 8.42 Å². The molecule has 1 aliphatic heterocycles. The van der Waals surface area contributed by atoms with Crippen molar-refractivity contribution in [1.29, 1.82) is 0 Å². The maximum absolute atomic E-state index is 12.1. The number of piperidine rings is 1. The van der Waals surface area contributed by atoms with Gasteiger partial charge < -0.3 is 15.5 Å². The molecule has 0 aromatic carbocycles. The van der Waals surface area contributed by atoms with E-state index in [0.717, 1.165) is 45.3 Å². The van der Waals surface area contributed by atoms with Crippen molar-refractivity contribution in [3.8, 4) is 0 Å². The van der Waals surface area contributed by atoms with Crippen LogP contribution >= 0.6 is 35.3 Å². The minimum Gasteiger partial charge on any atom is -0.363 e. The van der Waals surface area contributed by atoms with Gasteiger partial charge >= 0.3 is 0 Å². The third-order valence-corrected chi connectivity index (χ3v) is 7.70. The largest absolute Gasteiger partial charge is 0.363 e. The van der Waals surface area contributed by atoms with Crippen LogP contribution in [-0.2, 0) is 10.0 Å². The Morgan fingerprint density at radius 1 is 1.28 bits per heavy atom. The van der Waals surface area contributed by atoms with Crippen LogP contribution in [0.15, 0.2) is 22.5 Å². The van der Waals surface area contributed by atoms with Crippen LogP contribution in [0, 0.1) is 5.92 Å². The second kappa shape index (κ2) is 12.3. The fourth-order valence-corrected chi connectivity index (χ4v) is 5.25. The average Bonchev–Trinajstić information content (AvgIpc) is 3.15. The van der Waals surface area contributed by atoms with Crippen molar-refractivity contribution in [2.45, 2.75) is 45.1 Å². The SMILES string of the molecule is CCNC(=NCCS(=O)(=O)NCC1CCC1)NC1CCN(c2cccs2)CC1.I. The van der Waals surface area contributed by atoms with Crippen LogP contribution in [0.25, 0.3) is 0 Å². The van der Waals surface area contributed by atoms with Crippen molar-refractivity contribution in [3.63, 3.8) is 0 Å². The first kappa shape index (κ1) is 24.7. The highest BCUT2D eigenvalue weighted by Gasteiger charge is 2.21. The zero-order chi connectivity index (χ0) is 19.8. The lowest BCUT2D eigenvalue weighted by atomic mass is 9.86. The van der Waals surface area contributed by atoms with Gasteiger partial charge in [-0.25, -0.2) is 13.1 Å². The molecule has 166 valence electrons. The van der Waals surface area contributed by atoms with Crippen LogP contribution in [0.3, 0.4) is 0 Å². The number of hydrogen-bond donors (Lipinski definition) is 3. The van der Waals surface area contributed by atoms with Gasteiger partial charge in [-0.1, -0.05) is 6.42 Å². The Morgan fingerprint density at radius 3 is 2.62 bits per heavy atom. The first-order chi connectivity index (χ1) is 13.6. The molecule has 3 rings (SSSR count). The van der Waals surface area contributed by atoms with E-state index in [1.54, 1.807) is 11.3 Å². The Hall–Kier alpha value is -0.590. The minimum absolute atomic E-state index is 0. The molecule has 1 saturated heterocycles. The van der Waals surface area contributed by atoms with Crippen molar-refractivity contribution >= 4 is 56.3 Å². The number of halogens is 1. The number of sulfonamides is 1. The zero-order valence-corrected chi connectivity index (χ0v) is 21.1. The number of nitrogens with zero attached hydrogens (tertiary/aromatic N) is 2. The number of guanidine groups is 1. The molecule has 0 unspecified atom stereocenters. The molecule has 0 radical (unpaired) electrons. The molecular weight excluding hydrogens is 521 g/mol. The van der Waals surface area contributed by atoms with Crippen molar-refractivity contribution in [2.75, 3.05) is 43.4 Å². The van der Waals surface area contributed by atoms with Crippen molar-refractivity contribution < 1.29 is 8.42 Å². The summed E-state index contributed by atoms with van der Waals surface area (Å²) in [6.45, 7) is 5.67. The number of rotatable bonds is 9. The molecule has 2 fully saturated rings. The highest BCUT2D eigenvalue weighted by atomic mass is 127. The number of anilines is 1. The summed E-state index contributed by atoms with van der Waals surface area (Å²) in [5, 5.41) is 10.2. The van der Waals surface area contributed by atoms with Crippen molar-refractivity contribution in [2.24, 2.45) is 10.9 Å². The van der Waals surface area contributed by atoms with Gasteiger partial charge in [0.25, 0.3) is 0 Å². The summed E-state index contributed by atoms with van der Waals surface area (Å²) < 4.78 is 27.0. The van der Waals surface area contributed by atoms with E-state index in [0.29, 0.717) is 24.5 Å². The molecule has 10 heteroatoms. The van der Waals surface area contributed by atoms with E-state index < -0.39 is 10.0 Å². The smallest absolute Gasteiger partial charge is 0.213 e. The summed E-state index contributed by atoms with van der Waals surface area (Å²) in [5.74, 6) is 1.27. The standard InChI is InChI=1S/C19H33N5O2S2.HI/c1-2-20-19(21-10-14-28(25,26)22-15-16-5-3-6-16)23-17-8-11-24(12-9-17)18-7-4-13-27-18;/h4,7,13,16-17,22H,2-3,5-6,8-12,14-15H2,1H3,(H2,20,21,23);1H. The molecule has 29 heavy (non-hydrogen) atoms. The van der Waals surface area contributed by atoms with Crippen LogP contribution in [-0.4, -0.2) is 58.9 Å². The number of hydrogen-bond acceptors (Lipinski definition) is 5. The third kappa shape index (κ3) is 8.22. The predicted octanol–water partition coefficient (Wildman–Crippen LogP) is 2.61. The predicted molar refractivity (Wildman–Crippen MR) is 133 cm³/mol. The van der Waals surface area contributed by atoms with Gasteiger partial charge in [-0.15, -0.1) is 35.3 Å². The normalized spacial score (nSPS) is 18.8. The molecule has 0 bridgehead atoms. The molecule has 0 spiro atoms. The Morgan fingerprint density at radius 2 is 2.03 bits per heavy atom. The highest BCUT2D eigenvalue weighted by Crippen LogP contribution is 2.25. The lowest BCUT2D eigenvalue weighted by molar-refractivity contribution is 0.316. The van der Waals surface area contributed by atoms with Gasteiger partial charge in [-0.05, 0) is 56.0 Å². The van der Waals surface area contributed by atoms with Gasteiger partial charge in [0.2, 0.25) is 10.0 Å². The van der Waals surface area contributed by atoms with Crippen LogP contribution in [0.1, 0.15) is 39.0 Å². The van der Waals surface area contributed by atoms with Gasteiger partial charge in [0.15, 0.2) is 5.96 Å². The second-order valence-corrected chi connectivity index (χ2v) is 10.4. The Balaban J connectivity index is 0.00000300. The molecule has 0 atom stereocenters. The Bertz CT molecular complexity index is 715. The van der Waals surface area contributed by atoms with Crippen molar-refractivity contribution in [3.05, 3.63) is 17.5 Å². The summed E-state index contributed by atoms with van der Waals surface area (Å²) in [5.41, 5.74) is 0. The van der Waals surface area contributed by atoms with Gasteiger partial charge in [-0.3, -0.25) is 4.99 Å². The fourth-order valence-electron chi connectivity index (χ4n) is 3.50. The van der Waals surface area contributed by atoms with E-state index in [-0.39, 0.29) is 36.3 Å². The lowest BCUT2D eigenvalue weighted by Gasteiger charge is -2.33. The molecule has 2 aliphatic rings. The Labute approximate surface area is 196 Å². The highest BCUT2D eigenvalue weighted by molar-refractivity contribution is 14.0. The maximum atomic E-state index is 12.1. The molecular formula is C19H34IN5O2S2.